The number of halogens is 1. The van der Waals surface area contributed by atoms with Crippen molar-refractivity contribution in [3.63, 3.8) is 0 Å². The normalized spacial score (nSPS) is 22.4. The molecule has 0 amide bonds. The van der Waals surface area contributed by atoms with E-state index in [1.807, 2.05) is 0 Å². The second-order valence-corrected chi connectivity index (χ2v) is 3.56. The molecule has 0 saturated heterocycles. The van der Waals surface area contributed by atoms with Crippen LogP contribution in [0.15, 0.2) is 0 Å². The van der Waals surface area contributed by atoms with Gasteiger partial charge in [0.05, 0.1) is 0 Å². The Labute approximate surface area is 68.2 Å². The summed E-state index contributed by atoms with van der Waals surface area (Å²) in [5.41, 5.74) is 5.26. The fourth-order valence-electron chi connectivity index (χ4n) is 1.91. The van der Waals surface area contributed by atoms with Crippen molar-refractivity contribution in [1.29, 1.82) is 0 Å². The number of alkyl halides is 1. The van der Waals surface area contributed by atoms with Crippen LogP contribution in [0.2, 0.25) is 0 Å². The Hall–Kier alpha value is -0.110. The zero-order valence-electron chi connectivity index (χ0n) is 7.06. The van der Waals surface area contributed by atoms with Crippen LogP contribution in [-0.2, 0) is 0 Å². The predicted octanol–water partition coefficient (Wildman–Crippen LogP) is 2.25. The smallest absolute Gasteiger partial charge is 0.102 e. The Bertz CT molecular complexity index is 99.7. The molecule has 0 aromatic carbocycles. The summed E-state index contributed by atoms with van der Waals surface area (Å²) >= 11 is 0. The molecule has 66 valence electrons. The summed E-state index contributed by atoms with van der Waals surface area (Å²) < 4.78 is 13.0. The monoisotopic (exact) mass is 159 g/mol. The van der Waals surface area contributed by atoms with Gasteiger partial charge in [0, 0.05) is 0 Å². The van der Waals surface area contributed by atoms with E-state index >= 15 is 0 Å². The van der Waals surface area contributed by atoms with Crippen molar-refractivity contribution in [2.75, 3.05) is 6.54 Å². The third kappa shape index (κ3) is 3.19. The van der Waals surface area contributed by atoms with Gasteiger partial charge >= 0.3 is 0 Å². The molecule has 0 radical (unpaired) electrons. The van der Waals surface area contributed by atoms with Crippen molar-refractivity contribution in [3.8, 4) is 0 Å². The fraction of sp³-hybridized carbons (Fsp3) is 1.00. The second kappa shape index (κ2) is 4.70. The predicted molar refractivity (Wildman–Crippen MR) is 45.1 cm³/mol. The third-order valence-corrected chi connectivity index (χ3v) is 2.54. The van der Waals surface area contributed by atoms with Gasteiger partial charge in [-0.25, -0.2) is 4.39 Å². The molecule has 0 heterocycles. The van der Waals surface area contributed by atoms with Crippen LogP contribution in [0.3, 0.4) is 0 Å². The molecule has 1 aliphatic rings. The lowest BCUT2D eigenvalue weighted by Crippen LogP contribution is -2.12. The van der Waals surface area contributed by atoms with Gasteiger partial charge in [-0.3, -0.25) is 0 Å². The summed E-state index contributed by atoms with van der Waals surface area (Å²) in [5, 5.41) is 0. The molecule has 0 aromatic heterocycles. The van der Waals surface area contributed by atoms with Gasteiger partial charge in [-0.05, 0) is 25.3 Å². The van der Waals surface area contributed by atoms with E-state index in [2.05, 4.69) is 0 Å². The van der Waals surface area contributed by atoms with Gasteiger partial charge in [-0.2, -0.15) is 0 Å². The molecular weight excluding hydrogens is 141 g/mol. The molecule has 1 unspecified atom stereocenters. The first-order chi connectivity index (χ1) is 5.33. The van der Waals surface area contributed by atoms with Crippen molar-refractivity contribution in [3.05, 3.63) is 0 Å². The maximum Gasteiger partial charge on any atom is 0.102 e. The molecule has 1 saturated carbocycles. The Morgan fingerprint density at radius 2 is 2.00 bits per heavy atom. The molecule has 0 bridgehead atoms. The van der Waals surface area contributed by atoms with Crippen molar-refractivity contribution in [2.45, 2.75) is 44.7 Å². The van der Waals surface area contributed by atoms with Gasteiger partial charge < -0.3 is 5.73 Å². The van der Waals surface area contributed by atoms with E-state index in [-0.39, 0.29) is 0 Å². The highest BCUT2D eigenvalue weighted by Crippen LogP contribution is 2.29. The minimum absolute atomic E-state index is 0.494. The van der Waals surface area contributed by atoms with Crippen LogP contribution in [0.25, 0.3) is 0 Å². The molecule has 1 nitrogen and oxygen atoms in total. The second-order valence-electron chi connectivity index (χ2n) is 3.56. The van der Waals surface area contributed by atoms with Gasteiger partial charge in [-0.15, -0.1) is 0 Å². The van der Waals surface area contributed by atoms with Crippen molar-refractivity contribution in [2.24, 2.45) is 11.7 Å². The molecule has 11 heavy (non-hydrogen) atoms. The van der Waals surface area contributed by atoms with Gasteiger partial charge in [0.15, 0.2) is 0 Å². The van der Waals surface area contributed by atoms with Crippen LogP contribution in [0.1, 0.15) is 38.5 Å². The summed E-state index contributed by atoms with van der Waals surface area (Å²) in [6.07, 6.45) is 5.77. The average Bonchev–Trinajstić information content (AvgIpc) is 2.40. The number of rotatable bonds is 4. The van der Waals surface area contributed by atoms with E-state index in [1.165, 1.54) is 25.7 Å². The van der Waals surface area contributed by atoms with Crippen LogP contribution in [0.4, 0.5) is 4.39 Å². The molecule has 0 aliphatic heterocycles. The molecule has 1 atom stereocenters. The number of nitrogens with two attached hydrogens (primary N) is 1. The van der Waals surface area contributed by atoms with Gasteiger partial charge in [0.25, 0.3) is 0 Å². The van der Waals surface area contributed by atoms with Gasteiger partial charge in [0.2, 0.25) is 0 Å². The maximum absolute atomic E-state index is 13.0. The topological polar surface area (TPSA) is 26.0 Å². The molecule has 2 N–H and O–H groups in total. The largest absolute Gasteiger partial charge is 0.330 e. The van der Waals surface area contributed by atoms with Crippen LogP contribution in [0, 0.1) is 5.92 Å². The number of hydrogen-bond donors (Lipinski definition) is 1. The van der Waals surface area contributed by atoms with Gasteiger partial charge in [0.1, 0.15) is 6.17 Å². The van der Waals surface area contributed by atoms with Crippen LogP contribution in [-0.4, -0.2) is 12.7 Å². The maximum atomic E-state index is 13.0. The first-order valence-electron chi connectivity index (χ1n) is 4.67. The number of hydrogen-bond acceptors (Lipinski definition) is 1. The summed E-state index contributed by atoms with van der Waals surface area (Å²) in [6, 6.07) is 0. The van der Waals surface area contributed by atoms with E-state index in [9.17, 15) is 4.39 Å². The standard InChI is InChI=1S/C9H18FN/c10-9(5-6-11)7-8-3-1-2-4-8/h8-9H,1-7,11H2. The molecule has 1 aliphatic carbocycles. The van der Waals surface area contributed by atoms with E-state index in [0.717, 1.165) is 6.42 Å². The Balaban J connectivity index is 2.08. The Kier molecular flexibility index (Phi) is 3.84. The van der Waals surface area contributed by atoms with Crippen molar-refractivity contribution >= 4 is 0 Å². The lowest BCUT2D eigenvalue weighted by molar-refractivity contribution is 0.257. The van der Waals surface area contributed by atoms with Crippen LogP contribution < -0.4 is 5.73 Å². The quantitative estimate of drug-likeness (QED) is 0.669. The lowest BCUT2D eigenvalue weighted by atomic mass is 9.99. The van der Waals surface area contributed by atoms with E-state index in [1.54, 1.807) is 0 Å². The third-order valence-electron chi connectivity index (χ3n) is 2.54. The molecule has 1 rings (SSSR count). The molecule has 0 spiro atoms. The van der Waals surface area contributed by atoms with Gasteiger partial charge in [-0.1, -0.05) is 25.7 Å². The first-order valence-corrected chi connectivity index (χ1v) is 4.67. The summed E-state index contributed by atoms with van der Waals surface area (Å²) in [6.45, 7) is 0.494. The SMILES string of the molecule is NCCC(F)CC1CCCC1. The summed E-state index contributed by atoms with van der Waals surface area (Å²) in [4.78, 5) is 0. The molecule has 2 heteroatoms. The highest BCUT2D eigenvalue weighted by molar-refractivity contribution is 4.71. The Morgan fingerprint density at radius 1 is 1.36 bits per heavy atom. The average molecular weight is 159 g/mol. The van der Waals surface area contributed by atoms with Crippen LogP contribution >= 0.6 is 0 Å². The van der Waals surface area contributed by atoms with E-state index in [4.69, 9.17) is 5.73 Å². The highest BCUT2D eigenvalue weighted by Gasteiger charge is 2.18. The van der Waals surface area contributed by atoms with E-state index < -0.39 is 6.17 Å². The lowest BCUT2D eigenvalue weighted by Gasteiger charge is -2.11. The van der Waals surface area contributed by atoms with Crippen LogP contribution in [0.5, 0.6) is 0 Å². The zero-order valence-corrected chi connectivity index (χ0v) is 7.06. The molecular formula is C9H18FN. The first kappa shape index (κ1) is 8.98. The summed E-state index contributed by atoms with van der Waals surface area (Å²) in [7, 11) is 0. The minimum atomic E-state index is -0.636. The van der Waals surface area contributed by atoms with Crippen molar-refractivity contribution < 1.29 is 4.39 Å². The van der Waals surface area contributed by atoms with Crippen molar-refractivity contribution in [1.82, 2.24) is 0 Å². The van der Waals surface area contributed by atoms with E-state index in [0.29, 0.717) is 18.9 Å². The zero-order chi connectivity index (χ0) is 8.10. The highest BCUT2D eigenvalue weighted by atomic mass is 19.1. The minimum Gasteiger partial charge on any atom is -0.330 e. The molecule has 0 aromatic rings. The summed E-state index contributed by atoms with van der Waals surface area (Å²) in [5.74, 6) is 0.663. The fourth-order valence-corrected chi connectivity index (χ4v) is 1.91. The Morgan fingerprint density at radius 3 is 2.55 bits per heavy atom. The molecule has 1 fully saturated rings.